The number of carbonyl (C=O) groups excluding carboxylic acids is 1. The Morgan fingerprint density at radius 1 is 0.960 bits per heavy atom. The molecule has 1 fully saturated rings. The Hall–Kier alpha value is -2.53. The summed E-state index contributed by atoms with van der Waals surface area (Å²) in [5.41, 5.74) is 1.90. The van der Waals surface area contributed by atoms with Crippen LogP contribution >= 0.6 is 0 Å². The van der Waals surface area contributed by atoms with E-state index in [0.29, 0.717) is 5.69 Å². The zero-order valence-electron chi connectivity index (χ0n) is 14.4. The van der Waals surface area contributed by atoms with E-state index < -0.39 is 0 Å². The van der Waals surface area contributed by atoms with Crippen LogP contribution in [-0.2, 0) is 0 Å². The Morgan fingerprint density at radius 2 is 1.52 bits per heavy atom. The summed E-state index contributed by atoms with van der Waals surface area (Å²) in [6, 6.07) is 15.0. The van der Waals surface area contributed by atoms with Crippen LogP contribution in [0.3, 0.4) is 0 Å². The largest absolute Gasteiger partial charge is 0.457 e. The van der Waals surface area contributed by atoms with Crippen molar-refractivity contribution in [2.24, 2.45) is 0 Å². The van der Waals surface area contributed by atoms with Gasteiger partial charge in [-0.25, -0.2) is 4.79 Å². The second-order valence-corrected chi connectivity index (χ2v) is 6.54. The molecule has 0 atom stereocenters. The highest BCUT2D eigenvalue weighted by Crippen LogP contribution is 2.23. The van der Waals surface area contributed by atoms with Crippen LogP contribution in [0.4, 0.5) is 10.5 Å². The van der Waals surface area contributed by atoms with Gasteiger partial charge in [0.1, 0.15) is 11.5 Å². The van der Waals surface area contributed by atoms with Crippen LogP contribution in [-0.4, -0.2) is 23.3 Å². The molecule has 0 spiro atoms. The van der Waals surface area contributed by atoms with Gasteiger partial charge >= 0.3 is 6.03 Å². The molecule has 1 saturated carbocycles. The van der Waals surface area contributed by atoms with Gasteiger partial charge in [-0.15, -0.1) is 0 Å². The Labute approximate surface area is 148 Å². The number of anilines is 1. The number of amides is 2. The minimum atomic E-state index is -0.220. The molecular weight excluding hydrogens is 316 g/mol. The van der Waals surface area contributed by atoms with Gasteiger partial charge in [-0.1, -0.05) is 17.7 Å². The Balaban J connectivity index is 1.50. The first-order valence-corrected chi connectivity index (χ1v) is 8.68. The lowest BCUT2D eigenvalue weighted by Crippen LogP contribution is -2.40. The van der Waals surface area contributed by atoms with Crippen molar-refractivity contribution < 1.29 is 14.6 Å². The summed E-state index contributed by atoms with van der Waals surface area (Å²) in [6.07, 6.45) is 2.91. The number of ether oxygens (including phenoxy) is 1. The van der Waals surface area contributed by atoms with E-state index in [4.69, 9.17) is 4.74 Å². The molecule has 0 unspecified atom stereocenters. The molecule has 132 valence electrons. The number of aliphatic hydroxyl groups excluding tert-OH is 1. The topological polar surface area (TPSA) is 70.6 Å². The number of nitrogens with one attached hydrogen (secondary N) is 2. The molecule has 0 saturated heterocycles. The average molecular weight is 340 g/mol. The zero-order valence-corrected chi connectivity index (χ0v) is 14.4. The van der Waals surface area contributed by atoms with Gasteiger partial charge in [0, 0.05) is 11.7 Å². The van der Waals surface area contributed by atoms with Crippen LogP contribution in [0.1, 0.15) is 31.2 Å². The molecule has 0 heterocycles. The van der Waals surface area contributed by atoms with Gasteiger partial charge in [0.05, 0.1) is 6.10 Å². The summed E-state index contributed by atoms with van der Waals surface area (Å²) in [5.74, 6) is 1.50. The van der Waals surface area contributed by atoms with Gasteiger partial charge in [0.25, 0.3) is 0 Å². The summed E-state index contributed by atoms with van der Waals surface area (Å²) in [5, 5.41) is 15.3. The van der Waals surface area contributed by atoms with Gasteiger partial charge in [0.2, 0.25) is 0 Å². The molecule has 0 radical (unpaired) electrons. The highest BCUT2D eigenvalue weighted by atomic mass is 16.5. The van der Waals surface area contributed by atoms with E-state index in [1.807, 2.05) is 55.5 Å². The van der Waals surface area contributed by atoms with Crippen LogP contribution in [0.2, 0.25) is 0 Å². The molecule has 2 amide bonds. The van der Waals surface area contributed by atoms with Crippen molar-refractivity contribution in [2.45, 2.75) is 44.8 Å². The van der Waals surface area contributed by atoms with Gasteiger partial charge < -0.3 is 20.5 Å². The van der Waals surface area contributed by atoms with E-state index in [-0.39, 0.29) is 18.2 Å². The molecule has 1 aliphatic rings. The van der Waals surface area contributed by atoms with E-state index in [0.717, 1.165) is 37.2 Å². The number of hydrogen-bond acceptors (Lipinski definition) is 3. The van der Waals surface area contributed by atoms with Crippen LogP contribution in [0.15, 0.2) is 48.5 Å². The average Bonchev–Trinajstić information content (AvgIpc) is 2.61. The van der Waals surface area contributed by atoms with Crippen molar-refractivity contribution >= 4 is 11.7 Å². The number of aryl methyl sites for hydroxylation is 1. The number of hydrogen-bond donors (Lipinski definition) is 3. The van der Waals surface area contributed by atoms with E-state index in [1.54, 1.807) is 0 Å². The SMILES string of the molecule is Cc1ccc(Oc2ccc(NC(=O)NC3CCC(O)CC3)cc2)cc1. The first kappa shape index (κ1) is 17.3. The monoisotopic (exact) mass is 340 g/mol. The van der Waals surface area contributed by atoms with Gasteiger partial charge in [-0.05, 0) is 69.0 Å². The van der Waals surface area contributed by atoms with Crippen LogP contribution in [0.25, 0.3) is 0 Å². The molecule has 5 heteroatoms. The van der Waals surface area contributed by atoms with E-state index >= 15 is 0 Å². The molecule has 2 aromatic carbocycles. The predicted octanol–water partition coefficient (Wildman–Crippen LogP) is 4.21. The summed E-state index contributed by atoms with van der Waals surface area (Å²) in [4.78, 5) is 12.1. The fourth-order valence-corrected chi connectivity index (χ4v) is 2.92. The number of aliphatic hydroxyl groups is 1. The van der Waals surface area contributed by atoms with Crippen molar-refractivity contribution in [1.29, 1.82) is 0 Å². The molecule has 5 nitrogen and oxygen atoms in total. The normalized spacial score (nSPS) is 19.9. The molecule has 0 aliphatic heterocycles. The minimum Gasteiger partial charge on any atom is -0.457 e. The van der Waals surface area contributed by atoms with Crippen molar-refractivity contribution in [1.82, 2.24) is 5.32 Å². The first-order valence-electron chi connectivity index (χ1n) is 8.68. The number of benzene rings is 2. The molecule has 0 aromatic heterocycles. The number of carbonyl (C=O) groups is 1. The molecule has 1 aliphatic carbocycles. The third kappa shape index (κ3) is 5.22. The van der Waals surface area contributed by atoms with E-state index in [9.17, 15) is 9.90 Å². The van der Waals surface area contributed by atoms with Crippen molar-refractivity contribution in [3.05, 3.63) is 54.1 Å². The smallest absolute Gasteiger partial charge is 0.319 e. The van der Waals surface area contributed by atoms with Crippen LogP contribution in [0, 0.1) is 6.92 Å². The molecule has 2 aromatic rings. The lowest BCUT2D eigenvalue weighted by Gasteiger charge is -2.26. The summed E-state index contributed by atoms with van der Waals surface area (Å²) >= 11 is 0. The van der Waals surface area contributed by atoms with Crippen LogP contribution in [0.5, 0.6) is 11.5 Å². The molecule has 3 rings (SSSR count). The fourth-order valence-electron chi connectivity index (χ4n) is 2.92. The van der Waals surface area contributed by atoms with Crippen LogP contribution < -0.4 is 15.4 Å². The van der Waals surface area contributed by atoms with Crippen molar-refractivity contribution in [3.8, 4) is 11.5 Å². The lowest BCUT2D eigenvalue weighted by molar-refractivity contribution is 0.118. The molecule has 3 N–H and O–H groups in total. The van der Waals surface area contributed by atoms with Crippen molar-refractivity contribution in [2.75, 3.05) is 5.32 Å². The molecular formula is C20H24N2O3. The zero-order chi connectivity index (χ0) is 17.6. The van der Waals surface area contributed by atoms with Gasteiger partial charge in [-0.2, -0.15) is 0 Å². The second kappa shape index (κ2) is 8.03. The maximum absolute atomic E-state index is 12.1. The van der Waals surface area contributed by atoms with Gasteiger partial charge in [0.15, 0.2) is 0 Å². The first-order chi connectivity index (χ1) is 12.1. The summed E-state index contributed by atoms with van der Waals surface area (Å²) in [6.45, 7) is 2.03. The Bertz CT molecular complexity index is 690. The maximum atomic E-state index is 12.1. The van der Waals surface area contributed by atoms with Gasteiger partial charge in [-0.3, -0.25) is 0 Å². The molecule has 25 heavy (non-hydrogen) atoms. The third-order valence-corrected chi connectivity index (χ3v) is 4.40. The summed E-state index contributed by atoms with van der Waals surface area (Å²) < 4.78 is 5.77. The Morgan fingerprint density at radius 3 is 2.12 bits per heavy atom. The maximum Gasteiger partial charge on any atom is 0.319 e. The summed E-state index contributed by atoms with van der Waals surface area (Å²) in [7, 11) is 0. The highest BCUT2D eigenvalue weighted by Gasteiger charge is 2.20. The molecule has 0 bridgehead atoms. The second-order valence-electron chi connectivity index (χ2n) is 6.54. The van der Waals surface area contributed by atoms with E-state index in [1.165, 1.54) is 5.56 Å². The minimum absolute atomic E-state index is 0.132. The van der Waals surface area contributed by atoms with Crippen molar-refractivity contribution in [3.63, 3.8) is 0 Å². The van der Waals surface area contributed by atoms with E-state index in [2.05, 4.69) is 10.6 Å². The quantitative estimate of drug-likeness (QED) is 0.781. The fraction of sp³-hybridized carbons (Fsp3) is 0.350. The highest BCUT2D eigenvalue weighted by molar-refractivity contribution is 5.89. The third-order valence-electron chi connectivity index (χ3n) is 4.40. The number of rotatable bonds is 4. The Kier molecular flexibility index (Phi) is 5.56. The number of urea groups is 1. The standard InChI is InChI=1S/C20H24N2O3/c1-14-2-10-18(11-3-14)25-19-12-6-16(7-13-19)22-20(24)21-15-4-8-17(23)9-5-15/h2-3,6-7,10-13,15,17,23H,4-5,8-9H2,1H3,(H2,21,22,24). The lowest BCUT2D eigenvalue weighted by atomic mass is 9.93. The predicted molar refractivity (Wildman–Crippen MR) is 98.1 cm³/mol.